The van der Waals surface area contributed by atoms with Crippen LogP contribution in [0.5, 0.6) is 0 Å². The number of likely N-dealkylation sites (tertiary alicyclic amines) is 1. The van der Waals surface area contributed by atoms with Gasteiger partial charge in [-0.1, -0.05) is 12.1 Å². The molecule has 1 fully saturated rings. The number of aryl methyl sites for hydroxylation is 1. The molecule has 1 amide bonds. The number of ketones is 1. The van der Waals surface area contributed by atoms with Crippen molar-refractivity contribution in [3.05, 3.63) is 53.2 Å². The number of nitrogens with one attached hydrogen (secondary N) is 1. The Kier molecular flexibility index (Phi) is 6.66. The van der Waals surface area contributed by atoms with Crippen molar-refractivity contribution >= 4 is 38.7 Å². The van der Waals surface area contributed by atoms with Gasteiger partial charge in [-0.25, -0.2) is 13.4 Å². The van der Waals surface area contributed by atoms with Crippen LogP contribution in [0.1, 0.15) is 42.2 Å². The first kappa shape index (κ1) is 23.2. The predicted octanol–water partition coefficient (Wildman–Crippen LogP) is 3.94. The summed E-state index contributed by atoms with van der Waals surface area (Å²) in [5, 5.41) is 2.54. The van der Waals surface area contributed by atoms with E-state index in [2.05, 4.69) is 9.71 Å². The Morgan fingerprint density at radius 1 is 1.15 bits per heavy atom. The Labute approximate surface area is 197 Å². The lowest BCUT2D eigenvalue weighted by Gasteiger charge is -2.27. The molecule has 0 atom stereocenters. The summed E-state index contributed by atoms with van der Waals surface area (Å²) in [6.45, 7) is 4.79. The lowest BCUT2D eigenvalue weighted by molar-refractivity contribution is -0.132. The van der Waals surface area contributed by atoms with Crippen LogP contribution >= 0.6 is 11.3 Å². The second-order valence-electron chi connectivity index (χ2n) is 8.17. The molecule has 4 rings (SSSR count). The fourth-order valence-electron chi connectivity index (χ4n) is 3.82. The molecule has 0 aliphatic carbocycles. The number of nitrogens with zero attached hydrogens (tertiary/aromatic N) is 3. The molecule has 10 heteroatoms. The van der Waals surface area contributed by atoms with Crippen LogP contribution in [0.4, 0.5) is 5.69 Å². The largest absolute Gasteiger partial charge is 0.341 e. The van der Waals surface area contributed by atoms with Crippen LogP contribution in [-0.4, -0.2) is 47.6 Å². The number of piperidine rings is 1. The average Bonchev–Trinajstić information content (AvgIpc) is 3.41. The molecule has 1 aromatic carbocycles. The summed E-state index contributed by atoms with van der Waals surface area (Å²) < 4.78 is 30.5. The van der Waals surface area contributed by atoms with Gasteiger partial charge in [0.05, 0.1) is 5.69 Å². The number of carbonyl (C=O) groups excluding carboxylic acids is 2. The molecule has 3 heterocycles. The van der Waals surface area contributed by atoms with Crippen molar-refractivity contribution in [2.45, 2.75) is 44.6 Å². The summed E-state index contributed by atoms with van der Waals surface area (Å²) in [6.07, 6.45) is 4.57. The van der Waals surface area contributed by atoms with Gasteiger partial charge in [0.25, 0.3) is 10.0 Å². The van der Waals surface area contributed by atoms with E-state index in [4.69, 9.17) is 0 Å². The molecule has 0 radical (unpaired) electrons. The highest BCUT2D eigenvalue weighted by atomic mass is 32.2. The highest BCUT2D eigenvalue weighted by molar-refractivity contribution is 7.92. The molecule has 1 aliphatic heterocycles. The van der Waals surface area contributed by atoms with E-state index in [1.807, 2.05) is 17.2 Å². The van der Waals surface area contributed by atoms with Crippen molar-refractivity contribution in [2.75, 3.05) is 17.8 Å². The first-order valence-corrected chi connectivity index (χ1v) is 13.1. The Hall–Kier alpha value is -2.98. The van der Waals surface area contributed by atoms with Crippen LogP contribution in [-0.2, 0) is 21.4 Å². The second kappa shape index (κ2) is 9.48. The zero-order valence-corrected chi connectivity index (χ0v) is 20.2. The maximum Gasteiger partial charge on any atom is 0.263 e. The van der Waals surface area contributed by atoms with Gasteiger partial charge in [0.15, 0.2) is 5.78 Å². The highest BCUT2D eigenvalue weighted by Gasteiger charge is 2.24. The molecule has 0 saturated carbocycles. The zero-order valence-electron chi connectivity index (χ0n) is 18.6. The van der Waals surface area contributed by atoms with Crippen LogP contribution in [0.2, 0.25) is 0 Å². The average molecular weight is 487 g/mol. The van der Waals surface area contributed by atoms with E-state index in [0.29, 0.717) is 22.0 Å². The van der Waals surface area contributed by atoms with Crippen LogP contribution < -0.4 is 4.72 Å². The zero-order chi connectivity index (χ0) is 23.6. The van der Waals surface area contributed by atoms with Gasteiger partial charge in [-0.3, -0.25) is 14.3 Å². The number of hydrogen-bond acceptors (Lipinski definition) is 6. The molecule has 2 aromatic heterocycles. The number of carbonyl (C=O) groups is 2. The topological polar surface area (TPSA) is 101 Å². The summed E-state index contributed by atoms with van der Waals surface area (Å²) in [6, 6.07) is 7.89. The Morgan fingerprint density at radius 3 is 2.58 bits per heavy atom. The molecular weight excluding hydrogens is 460 g/mol. The van der Waals surface area contributed by atoms with Crippen LogP contribution in [0.25, 0.3) is 10.7 Å². The number of aromatic nitrogens is 2. The first-order valence-electron chi connectivity index (χ1n) is 10.8. The molecule has 1 N–H and O–H groups in total. The predicted molar refractivity (Wildman–Crippen MR) is 128 cm³/mol. The molecule has 8 nitrogen and oxygen atoms in total. The maximum absolute atomic E-state index is 13.2. The van der Waals surface area contributed by atoms with Gasteiger partial charge in [-0.15, -0.1) is 11.3 Å². The van der Waals surface area contributed by atoms with Gasteiger partial charge in [-0.2, -0.15) is 0 Å². The number of hydrogen-bond donors (Lipinski definition) is 1. The molecule has 0 bridgehead atoms. The van der Waals surface area contributed by atoms with Crippen molar-refractivity contribution in [2.24, 2.45) is 0 Å². The molecule has 33 heavy (non-hydrogen) atoms. The first-order chi connectivity index (χ1) is 15.7. The fraction of sp³-hybridized carbons (Fsp3) is 0.348. The van der Waals surface area contributed by atoms with Gasteiger partial charge in [0.2, 0.25) is 5.91 Å². The Bertz CT molecular complexity index is 1290. The quantitative estimate of drug-likeness (QED) is 0.510. The number of anilines is 1. The van der Waals surface area contributed by atoms with E-state index in [0.717, 1.165) is 38.0 Å². The minimum atomic E-state index is -3.95. The number of benzene rings is 1. The van der Waals surface area contributed by atoms with Gasteiger partial charge in [0.1, 0.15) is 16.4 Å². The summed E-state index contributed by atoms with van der Waals surface area (Å²) in [4.78, 5) is 30.9. The van der Waals surface area contributed by atoms with Crippen molar-refractivity contribution < 1.29 is 18.0 Å². The summed E-state index contributed by atoms with van der Waals surface area (Å²) in [5.74, 6) is -0.189. The van der Waals surface area contributed by atoms with Crippen molar-refractivity contribution in [3.8, 4) is 10.7 Å². The molecule has 1 aliphatic rings. The highest BCUT2D eigenvalue weighted by Crippen LogP contribution is 2.29. The number of Topliss-reactive ketones (excluding diaryl/α,β-unsaturated/α-hetero) is 1. The molecule has 174 valence electrons. The number of amides is 1. The van der Waals surface area contributed by atoms with Crippen molar-refractivity contribution in [1.82, 2.24) is 14.5 Å². The number of rotatable bonds is 7. The second-order valence-corrected chi connectivity index (χ2v) is 10.7. The molecule has 3 aromatic rings. The summed E-state index contributed by atoms with van der Waals surface area (Å²) >= 11 is 1.40. The van der Waals surface area contributed by atoms with Crippen molar-refractivity contribution in [3.63, 3.8) is 0 Å². The van der Waals surface area contributed by atoms with Crippen LogP contribution in [0.3, 0.4) is 0 Å². The Balaban J connectivity index is 1.66. The molecule has 1 saturated heterocycles. The minimum Gasteiger partial charge on any atom is -0.341 e. The van der Waals surface area contributed by atoms with E-state index < -0.39 is 10.0 Å². The van der Waals surface area contributed by atoms with Crippen LogP contribution in [0.15, 0.2) is 46.8 Å². The third-order valence-corrected chi connectivity index (χ3v) is 7.89. The van der Waals surface area contributed by atoms with E-state index in [1.54, 1.807) is 28.8 Å². The molecule has 0 unspecified atom stereocenters. The van der Waals surface area contributed by atoms with Gasteiger partial charge in [0, 0.05) is 41.6 Å². The number of thiazole rings is 1. The van der Waals surface area contributed by atoms with Crippen molar-refractivity contribution in [1.29, 1.82) is 0 Å². The SMILES string of the molecule is CC(=O)c1cccc(NS(=O)(=O)c2cc(-c3nc(C)cs3)n(CC(=O)N3CCCCC3)c2)c1. The Morgan fingerprint density at radius 2 is 1.91 bits per heavy atom. The standard InChI is InChI=1S/C23H26N4O4S2/c1-16-15-32-23(24-16)21-12-20(13-27(21)14-22(29)26-9-4-3-5-10-26)33(30,31)25-19-8-6-7-18(11-19)17(2)28/h6-8,11-13,15,25H,3-5,9-10,14H2,1-2H3. The lowest BCUT2D eigenvalue weighted by Crippen LogP contribution is -2.37. The monoisotopic (exact) mass is 486 g/mol. The van der Waals surface area contributed by atoms with Crippen LogP contribution in [0, 0.1) is 6.92 Å². The maximum atomic E-state index is 13.2. The summed E-state index contributed by atoms with van der Waals surface area (Å²) in [7, 11) is -3.95. The smallest absolute Gasteiger partial charge is 0.263 e. The third-order valence-electron chi connectivity index (χ3n) is 5.56. The number of sulfonamides is 1. The molecule has 0 spiro atoms. The summed E-state index contributed by atoms with van der Waals surface area (Å²) in [5.41, 5.74) is 2.12. The molecular formula is C23H26N4O4S2. The minimum absolute atomic E-state index is 0.0324. The van der Waals surface area contributed by atoms with E-state index in [1.165, 1.54) is 30.5 Å². The van der Waals surface area contributed by atoms with Gasteiger partial charge < -0.3 is 9.47 Å². The lowest BCUT2D eigenvalue weighted by atomic mass is 10.1. The van der Waals surface area contributed by atoms with Gasteiger partial charge >= 0.3 is 0 Å². The fourth-order valence-corrected chi connectivity index (χ4v) is 5.73. The third kappa shape index (κ3) is 5.33. The van der Waals surface area contributed by atoms with Gasteiger partial charge in [-0.05, 0) is 51.3 Å². The normalized spacial score (nSPS) is 14.3. The van der Waals surface area contributed by atoms with E-state index in [-0.39, 0.29) is 23.1 Å². The van der Waals surface area contributed by atoms with E-state index >= 15 is 0 Å². The van der Waals surface area contributed by atoms with E-state index in [9.17, 15) is 18.0 Å².